The number of piperazine rings is 1. The van der Waals surface area contributed by atoms with Crippen LogP contribution in [0, 0.1) is 5.41 Å². The average molecular weight is 244 g/mol. The molecule has 0 spiro atoms. The molecule has 2 N–H and O–H groups in total. The number of hydrogen-bond acceptors (Lipinski definition) is 3. The number of aliphatic hydroxyl groups is 1. The Kier molecular flexibility index (Phi) is 4.38. The summed E-state index contributed by atoms with van der Waals surface area (Å²) in [4.78, 5) is 15.0. The quantitative estimate of drug-likeness (QED) is 0.763. The maximum absolute atomic E-state index is 11.3. The monoisotopic (exact) mass is 244 g/mol. The number of rotatable bonds is 2. The topological polar surface area (TPSA) is 64.0 Å². The highest BCUT2D eigenvalue weighted by molar-refractivity contribution is 5.66. The maximum atomic E-state index is 11.3. The van der Waals surface area contributed by atoms with Crippen LogP contribution in [0.5, 0.6) is 0 Å². The van der Waals surface area contributed by atoms with Crippen LogP contribution in [0.2, 0.25) is 0 Å². The number of carboxylic acid groups (broad SMARTS) is 1. The second-order valence-corrected chi connectivity index (χ2v) is 5.79. The van der Waals surface area contributed by atoms with Gasteiger partial charge in [0.25, 0.3) is 0 Å². The third-order valence-corrected chi connectivity index (χ3v) is 3.52. The summed E-state index contributed by atoms with van der Waals surface area (Å²) in [7, 11) is 0. The van der Waals surface area contributed by atoms with Crippen LogP contribution in [0.15, 0.2) is 0 Å². The van der Waals surface area contributed by atoms with Crippen LogP contribution in [0.4, 0.5) is 4.79 Å². The van der Waals surface area contributed by atoms with Gasteiger partial charge in [-0.15, -0.1) is 0 Å². The van der Waals surface area contributed by atoms with Gasteiger partial charge in [0.15, 0.2) is 0 Å². The van der Waals surface area contributed by atoms with E-state index in [2.05, 4.69) is 25.7 Å². The van der Waals surface area contributed by atoms with Crippen molar-refractivity contribution in [1.29, 1.82) is 0 Å². The van der Waals surface area contributed by atoms with Gasteiger partial charge in [-0.1, -0.05) is 20.8 Å². The van der Waals surface area contributed by atoms with Gasteiger partial charge in [-0.05, 0) is 12.3 Å². The Morgan fingerprint density at radius 2 is 1.94 bits per heavy atom. The van der Waals surface area contributed by atoms with Gasteiger partial charge in [0, 0.05) is 25.7 Å². The lowest BCUT2D eigenvalue weighted by atomic mass is 9.80. The van der Waals surface area contributed by atoms with Gasteiger partial charge in [-0.3, -0.25) is 4.90 Å². The third kappa shape index (κ3) is 3.10. The molecule has 100 valence electrons. The largest absolute Gasteiger partial charge is 0.465 e. The van der Waals surface area contributed by atoms with Crippen LogP contribution in [0.1, 0.15) is 27.7 Å². The van der Waals surface area contributed by atoms with Crippen molar-refractivity contribution in [2.24, 2.45) is 5.41 Å². The normalized spacial score (nSPS) is 27.2. The van der Waals surface area contributed by atoms with Crippen molar-refractivity contribution >= 4 is 6.09 Å². The first-order valence-electron chi connectivity index (χ1n) is 6.13. The highest BCUT2D eigenvalue weighted by Crippen LogP contribution is 2.31. The predicted octanol–water partition coefficient (Wildman–Crippen LogP) is 1.08. The molecule has 0 bridgehead atoms. The molecule has 0 aromatic heterocycles. The zero-order valence-corrected chi connectivity index (χ0v) is 11.2. The van der Waals surface area contributed by atoms with Gasteiger partial charge in [-0.25, -0.2) is 4.79 Å². The van der Waals surface area contributed by atoms with Crippen molar-refractivity contribution in [3.05, 3.63) is 0 Å². The summed E-state index contributed by atoms with van der Waals surface area (Å²) in [5, 5.41) is 18.3. The van der Waals surface area contributed by atoms with E-state index in [0.29, 0.717) is 19.6 Å². The number of carbonyl (C=O) groups is 1. The molecule has 1 heterocycles. The molecular weight excluding hydrogens is 220 g/mol. The third-order valence-electron chi connectivity index (χ3n) is 3.52. The first-order valence-corrected chi connectivity index (χ1v) is 6.13. The first kappa shape index (κ1) is 14.3. The minimum atomic E-state index is -0.847. The molecule has 17 heavy (non-hydrogen) atoms. The fourth-order valence-electron chi connectivity index (χ4n) is 2.89. The Bertz CT molecular complexity index is 275. The van der Waals surface area contributed by atoms with Crippen molar-refractivity contribution < 1.29 is 15.0 Å². The Labute approximate surface area is 103 Å². The summed E-state index contributed by atoms with van der Waals surface area (Å²) < 4.78 is 0. The van der Waals surface area contributed by atoms with Crippen molar-refractivity contribution in [3.63, 3.8) is 0 Å². The van der Waals surface area contributed by atoms with Crippen LogP contribution in [0.25, 0.3) is 0 Å². The molecule has 0 radical (unpaired) electrons. The number of nitrogens with zero attached hydrogens (tertiary/aromatic N) is 2. The van der Waals surface area contributed by atoms with E-state index >= 15 is 0 Å². The average Bonchev–Trinajstić information content (AvgIpc) is 2.18. The van der Waals surface area contributed by atoms with Gasteiger partial charge >= 0.3 is 6.09 Å². The van der Waals surface area contributed by atoms with E-state index in [1.54, 1.807) is 4.90 Å². The molecular formula is C12H24N2O3. The van der Waals surface area contributed by atoms with Gasteiger partial charge in [-0.2, -0.15) is 0 Å². The molecule has 0 aliphatic carbocycles. The zero-order chi connectivity index (χ0) is 13.2. The molecule has 1 amide bonds. The summed E-state index contributed by atoms with van der Waals surface area (Å²) >= 11 is 0. The van der Waals surface area contributed by atoms with Gasteiger partial charge in [0.1, 0.15) is 0 Å². The van der Waals surface area contributed by atoms with E-state index in [-0.39, 0.29) is 24.1 Å². The summed E-state index contributed by atoms with van der Waals surface area (Å²) in [6.07, 6.45) is -0.847. The molecule has 1 aliphatic rings. The molecule has 5 heteroatoms. The number of amides is 1. The number of aliphatic hydroxyl groups excluding tert-OH is 1. The predicted molar refractivity (Wildman–Crippen MR) is 66.1 cm³/mol. The Morgan fingerprint density at radius 1 is 1.35 bits per heavy atom. The molecule has 1 saturated heterocycles. The first-order chi connectivity index (χ1) is 7.79. The lowest BCUT2D eigenvalue weighted by molar-refractivity contribution is -0.0196. The SMILES string of the molecule is C[C@@H]1C(C(C)(C)C)N(C(=O)O)CCN1CCO. The lowest BCUT2D eigenvalue weighted by Crippen LogP contribution is -2.64. The maximum Gasteiger partial charge on any atom is 0.407 e. The minimum absolute atomic E-state index is 0.0414. The summed E-state index contributed by atoms with van der Waals surface area (Å²) in [6.45, 7) is 10.2. The molecule has 2 atom stereocenters. The van der Waals surface area contributed by atoms with Gasteiger partial charge < -0.3 is 15.1 Å². The van der Waals surface area contributed by atoms with Crippen molar-refractivity contribution in [1.82, 2.24) is 9.80 Å². The molecule has 5 nitrogen and oxygen atoms in total. The van der Waals surface area contributed by atoms with E-state index in [9.17, 15) is 9.90 Å². The molecule has 1 rings (SSSR count). The highest BCUT2D eigenvalue weighted by Gasteiger charge is 2.42. The van der Waals surface area contributed by atoms with Gasteiger partial charge in [0.2, 0.25) is 0 Å². The van der Waals surface area contributed by atoms with Crippen LogP contribution in [0.3, 0.4) is 0 Å². The molecule has 1 aliphatic heterocycles. The van der Waals surface area contributed by atoms with Gasteiger partial charge in [0.05, 0.1) is 12.6 Å². The fraction of sp³-hybridized carbons (Fsp3) is 0.917. The van der Waals surface area contributed by atoms with Crippen molar-refractivity contribution in [3.8, 4) is 0 Å². The van der Waals surface area contributed by atoms with E-state index < -0.39 is 6.09 Å². The fourth-order valence-corrected chi connectivity index (χ4v) is 2.89. The summed E-state index contributed by atoms with van der Waals surface area (Å²) in [5.41, 5.74) is -0.105. The van der Waals surface area contributed by atoms with Crippen LogP contribution in [-0.4, -0.2) is 64.4 Å². The second-order valence-electron chi connectivity index (χ2n) is 5.79. The summed E-state index contributed by atoms with van der Waals surface area (Å²) in [5.74, 6) is 0. The molecule has 1 fully saturated rings. The van der Waals surface area contributed by atoms with Crippen molar-refractivity contribution in [2.75, 3.05) is 26.2 Å². The second kappa shape index (κ2) is 5.23. The van der Waals surface area contributed by atoms with E-state index in [1.165, 1.54) is 0 Å². The minimum Gasteiger partial charge on any atom is -0.465 e. The molecule has 0 saturated carbocycles. The van der Waals surface area contributed by atoms with Crippen molar-refractivity contribution in [2.45, 2.75) is 39.8 Å². The number of β-amino-alcohol motifs (C(OH)–C–C–N with tert-alkyl or cyclic N) is 1. The summed E-state index contributed by atoms with van der Waals surface area (Å²) in [6, 6.07) is 0.0901. The number of hydrogen-bond donors (Lipinski definition) is 2. The Hall–Kier alpha value is -0.810. The van der Waals surface area contributed by atoms with E-state index in [1.807, 2.05) is 6.92 Å². The highest BCUT2D eigenvalue weighted by atomic mass is 16.4. The van der Waals surface area contributed by atoms with Crippen LogP contribution in [-0.2, 0) is 0 Å². The Morgan fingerprint density at radius 3 is 2.35 bits per heavy atom. The molecule has 0 aromatic carbocycles. The molecule has 1 unspecified atom stereocenters. The zero-order valence-electron chi connectivity index (χ0n) is 11.2. The molecule has 0 aromatic rings. The van der Waals surface area contributed by atoms with E-state index in [4.69, 9.17) is 5.11 Å². The lowest BCUT2D eigenvalue weighted by Gasteiger charge is -2.50. The smallest absolute Gasteiger partial charge is 0.407 e. The Balaban J connectivity index is 2.91. The van der Waals surface area contributed by atoms with Crippen LogP contribution >= 0.6 is 0 Å². The van der Waals surface area contributed by atoms with E-state index in [0.717, 1.165) is 0 Å². The van der Waals surface area contributed by atoms with Crippen LogP contribution < -0.4 is 0 Å². The standard InChI is InChI=1S/C12H24N2O3/c1-9-10(12(2,3)4)14(11(16)17)6-5-13(9)7-8-15/h9-10,15H,5-8H2,1-4H3,(H,16,17)/t9-,10?/m1/s1.